The van der Waals surface area contributed by atoms with Crippen molar-refractivity contribution in [2.75, 3.05) is 0 Å². The highest BCUT2D eigenvalue weighted by molar-refractivity contribution is 6.30. The van der Waals surface area contributed by atoms with Crippen molar-refractivity contribution in [2.24, 2.45) is 0 Å². The van der Waals surface area contributed by atoms with Gasteiger partial charge in [-0.3, -0.25) is 9.59 Å². The standard InChI is InChI=1S/C27H22ClNO6/c1-16(29-27(32)33-15-18-6-4-3-5-7-18)24(30)19-8-13-23-22(14-19)25(31)26(17(2)34-23)35-21-11-9-20(28)10-12-21/h3-14,16H,15H2,1-2H3,(H,29,32). The Hall–Kier alpha value is -4.10. The maximum atomic E-state index is 13.2. The van der Waals surface area contributed by atoms with Crippen LogP contribution in [-0.2, 0) is 11.3 Å². The lowest BCUT2D eigenvalue weighted by atomic mass is 10.0. The third-order valence-corrected chi connectivity index (χ3v) is 5.52. The summed E-state index contributed by atoms with van der Waals surface area (Å²) in [7, 11) is 0. The van der Waals surface area contributed by atoms with Gasteiger partial charge in [0, 0.05) is 10.6 Å². The molecule has 0 saturated carbocycles. The molecule has 1 atom stereocenters. The SMILES string of the molecule is Cc1oc2ccc(C(=O)C(C)NC(=O)OCc3ccccc3)cc2c(=O)c1Oc1ccc(Cl)cc1. The van der Waals surface area contributed by atoms with E-state index in [-0.39, 0.29) is 29.1 Å². The van der Waals surface area contributed by atoms with Gasteiger partial charge >= 0.3 is 6.09 Å². The fourth-order valence-electron chi connectivity index (χ4n) is 3.44. The average molecular weight is 492 g/mol. The Balaban J connectivity index is 1.51. The number of nitrogens with one attached hydrogen (secondary N) is 1. The van der Waals surface area contributed by atoms with E-state index >= 15 is 0 Å². The number of fused-ring (bicyclic) bond motifs is 1. The van der Waals surface area contributed by atoms with E-state index in [1.165, 1.54) is 6.07 Å². The summed E-state index contributed by atoms with van der Waals surface area (Å²) in [5, 5.41) is 3.24. The van der Waals surface area contributed by atoms with Gasteiger partial charge in [-0.2, -0.15) is 0 Å². The Morgan fingerprint density at radius 2 is 1.74 bits per heavy atom. The summed E-state index contributed by atoms with van der Waals surface area (Å²) in [6.45, 7) is 3.25. The Kier molecular flexibility index (Phi) is 7.17. The van der Waals surface area contributed by atoms with Crippen molar-refractivity contribution in [2.45, 2.75) is 26.5 Å². The number of aryl methyl sites for hydroxylation is 1. The van der Waals surface area contributed by atoms with Gasteiger partial charge in [-0.15, -0.1) is 0 Å². The van der Waals surface area contributed by atoms with Crippen LogP contribution in [0.5, 0.6) is 11.5 Å². The van der Waals surface area contributed by atoms with E-state index in [1.807, 2.05) is 30.3 Å². The molecule has 178 valence electrons. The number of halogens is 1. The molecule has 1 aromatic heterocycles. The number of ether oxygens (including phenoxy) is 2. The van der Waals surface area contributed by atoms with Gasteiger partial charge in [0.15, 0.2) is 5.78 Å². The first kappa shape index (κ1) is 24.0. The van der Waals surface area contributed by atoms with Crippen LogP contribution in [0.1, 0.15) is 28.6 Å². The van der Waals surface area contributed by atoms with Gasteiger partial charge in [0.2, 0.25) is 11.2 Å². The van der Waals surface area contributed by atoms with E-state index in [1.54, 1.807) is 50.2 Å². The molecular weight excluding hydrogens is 470 g/mol. The van der Waals surface area contributed by atoms with Gasteiger partial charge in [0.25, 0.3) is 0 Å². The Labute approximate surface area is 206 Å². The molecule has 1 amide bonds. The molecule has 0 aliphatic heterocycles. The molecule has 1 heterocycles. The number of hydrogen-bond acceptors (Lipinski definition) is 6. The number of amides is 1. The summed E-state index contributed by atoms with van der Waals surface area (Å²) >= 11 is 5.90. The number of hydrogen-bond donors (Lipinski definition) is 1. The Bertz CT molecular complexity index is 1430. The first-order valence-electron chi connectivity index (χ1n) is 10.8. The molecule has 4 aromatic rings. The molecule has 0 saturated heterocycles. The fraction of sp³-hybridized carbons (Fsp3) is 0.148. The third kappa shape index (κ3) is 5.70. The molecule has 1 unspecified atom stereocenters. The highest BCUT2D eigenvalue weighted by atomic mass is 35.5. The minimum absolute atomic E-state index is 0.0140. The minimum Gasteiger partial charge on any atom is -0.457 e. The lowest BCUT2D eigenvalue weighted by Gasteiger charge is -2.14. The molecule has 0 fully saturated rings. The van der Waals surface area contributed by atoms with Crippen molar-refractivity contribution in [3.05, 3.63) is 105 Å². The number of carbonyl (C=O) groups excluding carboxylic acids is 2. The summed E-state index contributed by atoms with van der Waals surface area (Å²) in [4.78, 5) is 38.2. The van der Waals surface area contributed by atoms with Crippen LogP contribution < -0.4 is 15.5 Å². The fourth-order valence-corrected chi connectivity index (χ4v) is 3.56. The topological polar surface area (TPSA) is 94.8 Å². The summed E-state index contributed by atoms with van der Waals surface area (Å²) in [5.74, 6) is 0.347. The maximum Gasteiger partial charge on any atom is 0.408 e. The zero-order valence-electron chi connectivity index (χ0n) is 19.0. The van der Waals surface area contributed by atoms with Crippen LogP contribution in [-0.4, -0.2) is 17.9 Å². The van der Waals surface area contributed by atoms with Crippen LogP contribution in [0.15, 0.2) is 82.0 Å². The van der Waals surface area contributed by atoms with Gasteiger partial charge < -0.3 is 19.2 Å². The van der Waals surface area contributed by atoms with E-state index in [0.29, 0.717) is 22.1 Å². The summed E-state index contributed by atoms with van der Waals surface area (Å²) in [5.41, 5.74) is 0.961. The first-order chi connectivity index (χ1) is 16.8. The molecule has 35 heavy (non-hydrogen) atoms. The first-order valence-corrected chi connectivity index (χ1v) is 11.2. The number of alkyl carbamates (subject to hydrolysis) is 1. The highest BCUT2D eigenvalue weighted by Gasteiger charge is 2.21. The van der Waals surface area contributed by atoms with Gasteiger partial charge in [-0.25, -0.2) is 4.79 Å². The minimum atomic E-state index is -0.877. The van der Waals surface area contributed by atoms with Gasteiger partial charge in [0.05, 0.1) is 11.4 Å². The summed E-state index contributed by atoms with van der Waals surface area (Å²) < 4.78 is 16.7. The molecule has 0 radical (unpaired) electrons. The second-order valence-corrected chi connectivity index (χ2v) is 8.31. The second-order valence-electron chi connectivity index (χ2n) is 7.88. The van der Waals surface area contributed by atoms with Crippen molar-refractivity contribution in [3.8, 4) is 11.5 Å². The van der Waals surface area contributed by atoms with Crippen LogP contribution in [0.2, 0.25) is 5.02 Å². The molecule has 7 nitrogen and oxygen atoms in total. The van der Waals surface area contributed by atoms with Gasteiger partial charge in [-0.05, 0) is 61.9 Å². The van der Waals surface area contributed by atoms with E-state index in [2.05, 4.69) is 5.32 Å². The maximum absolute atomic E-state index is 13.2. The molecule has 0 spiro atoms. The molecular formula is C27H22ClNO6. The lowest BCUT2D eigenvalue weighted by Crippen LogP contribution is -2.38. The molecule has 0 bridgehead atoms. The van der Waals surface area contributed by atoms with E-state index in [9.17, 15) is 14.4 Å². The highest BCUT2D eigenvalue weighted by Crippen LogP contribution is 2.27. The zero-order chi connectivity index (χ0) is 24.9. The average Bonchev–Trinajstić information content (AvgIpc) is 2.86. The van der Waals surface area contributed by atoms with Gasteiger partial charge in [-0.1, -0.05) is 41.9 Å². The van der Waals surface area contributed by atoms with Gasteiger partial charge in [0.1, 0.15) is 23.7 Å². The van der Waals surface area contributed by atoms with Crippen molar-refractivity contribution < 1.29 is 23.5 Å². The second kappa shape index (κ2) is 10.4. The molecule has 4 rings (SSSR count). The number of carbonyl (C=O) groups is 2. The number of ketones is 1. The largest absolute Gasteiger partial charge is 0.457 e. The van der Waals surface area contributed by atoms with Crippen molar-refractivity contribution in [1.82, 2.24) is 5.32 Å². The lowest BCUT2D eigenvalue weighted by molar-refractivity contribution is 0.0927. The number of Topliss-reactive ketones (excluding diaryl/α,β-unsaturated/α-hetero) is 1. The quantitative estimate of drug-likeness (QED) is 0.316. The molecule has 0 aliphatic rings. The molecule has 1 N–H and O–H groups in total. The van der Waals surface area contributed by atoms with Crippen LogP contribution in [0.25, 0.3) is 11.0 Å². The van der Waals surface area contributed by atoms with Crippen LogP contribution >= 0.6 is 11.6 Å². The molecule has 8 heteroatoms. The summed E-state index contributed by atoms with van der Waals surface area (Å²) in [6.07, 6.45) is -0.718. The van der Waals surface area contributed by atoms with Crippen LogP contribution in [0, 0.1) is 6.92 Å². The molecule has 3 aromatic carbocycles. The predicted octanol–water partition coefficient (Wildman–Crippen LogP) is 6.04. The van der Waals surface area contributed by atoms with E-state index in [0.717, 1.165) is 5.56 Å². The Morgan fingerprint density at radius 3 is 2.46 bits per heavy atom. The number of rotatable bonds is 7. The zero-order valence-corrected chi connectivity index (χ0v) is 19.8. The van der Waals surface area contributed by atoms with Crippen LogP contribution in [0.3, 0.4) is 0 Å². The third-order valence-electron chi connectivity index (χ3n) is 5.27. The van der Waals surface area contributed by atoms with Crippen molar-refractivity contribution >= 4 is 34.4 Å². The van der Waals surface area contributed by atoms with Crippen molar-refractivity contribution in [3.63, 3.8) is 0 Å². The molecule has 0 aliphatic carbocycles. The summed E-state index contributed by atoms with van der Waals surface area (Å²) in [6, 6.07) is 19.4. The predicted molar refractivity (Wildman–Crippen MR) is 132 cm³/mol. The van der Waals surface area contributed by atoms with Crippen LogP contribution in [0.4, 0.5) is 4.79 Å². The smallest absolute Gasteiger partial charge is 0.408 e. The number of benzene rings is 3. The van der Waals surface area contributed by atoms with E-state index in [4.69, 9.17) is 25.5 Å². The van der Waals surface area contributed by atoms with Crippen molar-refractivity contribution in [1.29, 1.82) is 0 Å². The van der Waals surface area contributed by atoms with E-state index < -0.39 is 17.6 Å². The monoisotopic (exact) mass is 491 g/mol. The Morgan fingerprint density at radius 1 is 1.03 bits per heavy atom. The normalized spacial score (nSPS) is 11.6.